The van der Waals surface area contributed by atoms with Crippen molar-refractivity contribution in [1.82, 2.24) is 19.7 Å². The number of methoxy groups -OCH3 is 2. The molecule has 1 saturated heterocycles. The third-order valence-electron chi connectivity index (χ3n) is 6.02. The van der Waals surface area contributed by atoms with Crippen LogP contribution in [0.3, 0.4) is 0 Å². The highest BCUT2D eigenvalue weighted by molar-refractivity contribution is 7.93. The summed E-state index contributed by atoms with van der Waals surface area (Å²) in [6.45, 7) is 5.74. The Balaban J connectivity index is 1.73. The Morgan fingerprint density at radius 1 is 1.00 bits per heavy atom. The van der Waals surface area contributed by atoms with Gasteiger partial charge in [0, 0.05) is 18.7 Å². The average Bonchev–Trinajstić information content (AvgIpc) is 3.29. The number of aromatic nitrogens is 3. The number of likely N-dealkylation sites (tertiary alicyclic amines) is 1. The Morgan fingerprint density at radius 3 is 2.26 bits per heavy atom. The summed E-state index contributed by atoms with van der Waals surface area (Å²) < 4.78 is 48.1. The lowest BCUT2D eigenvalue weighted by atomic mass is 10.1. The summed E-state index contributed by atoms with van der Waals surface area (Å²) in [5, 5.41) is 7.66. The van der Waals surface area contributed by atoms with E-state index in [0.717, 1.165) is 0 Å². The zero-order chi connectivity index (χ0) is 27.5. The van der Waals surface area contributed by atoms with E-state index in [1.165, 1.54) is 19.1 Å². The van der Waals surface area contributed by atoms with Gasteiger partial charge in [-0.15, -0.1) is 10.2 Å². The molecule has 1 aliphatic rings. The van der Waals surface area contributed by atoms with Crippen molar-refractivity contribution in [3.63, 3.8) is 0 Å². The van der Waals surface area contributed by atoms with Gasteiger partial charge in [-0.05, 0) is 45.7 Å². The van der Waals surface area contributed by atoms with Crippen molar-refractivity contribution in [1.29, 1.82) is 0 Å². The summed E-state index contributed by atoms with van der Waals surface area (Å²) in [7, 11) is -0.958. The van der Waals surface area contributed by atoms with Crippen LogP contribution in [0.4, 0.5) is 10.7 Å². The van der Waals surface area contributed by atoms with Gasteiger partial charge in [0.25, 0.3) is 0 Å². The molecule has 3 aromatic rings. The molecule has 0 aliphatic carbocycles. The minimum absolute atomic E-state index is 0.00189. The second-order valence-corrected chi connectivity index (χ2v) is 11.9. The molecule has 1 atom stereocenters. The van der Waals surface area contributed by atoms with Crippen LogP contribution < -0.4 is 14.2 Å². The fraction of sp³-hybridized carbons (Fsp3) is 0.423. The van der Waals surface area contributed by atoms with Crippen molar-refractivity contribution in [3.8, 4) is 28.6 Å². The van der Waals surface area contributed by atoms with Crippen LogP contribution >= 0.6 is 0 Å². The SMILES string of the molecule is COc1cccc(OC)c1-n1c(NS(=O)(=O)[C@H]2CCCN(C(=O)OC(C)(C)C)C2)nnc1-c1ccccc1. The summed E-state index contributed by atoms with van der Waals surface area (Å²) in [4.78, 5) is 14.1. The van der Waals surface area contributed by atoms with Crippen molar-refractivity contribution in [2.24, 2.45) is 0 Å². The van der Waals surface area contributed by atoms with Crippen LogP contribution in [0.5, 0.6) is 11.5 Å². The fourth-order valence-corrected chi connectivity index (χ4v) is 5.69. The zero-order valence-corrected chi connectivity index (χ0v) is 23.0. The number of piperidine rings is 1. The molecule has 38 heavy (non-hydrogen) atoms. The predicted molar refractivity (Wildman–Crippen MR) is 143 cm³/mol. The van der Waals surface area contributed by atoms with E-state index in [0.29, 0.717) is 48.0 Å². The van der Waals surface area contributed by atoms with Gasteiger partial charge in [-0.3, -0.25) is 9.29 Å². The summed E-state index contributed by atoms with van der Waals surface area (Å²) in [5.74, 6) is 1.25. The van der Waals surface area contributed by atoms with E-state index in [9.17, 15) is 13.2 Å². The summed E-state index contributed by atoms with van der Waals surface area (Å²) in [6, 6.07) is 14.5. The molecular formula is C26H33N5O6S. The van der Waals surface area contributed by atoms with Crippen LogP contribution in [0.25, 0.3) is 17.1 Å². The van der Waals surface area contributed by atoms with Crippen LogP contribution in [0.1, 0.15) is 33.6 Å². The van der Waals surface area contributed by atoms with E-state index in [4.69, 9.17) is 14.2 Å². The Labute approximate surface area is 222 Å². The molecule has 0 unspecified atom stereocenters. The third kappa shape index (κ3) is 5.85. The third-order valence-corrected chi connectivity index (χ3v) is 7.75. The van der Waals surface area contributed by atoms with Crippen molar-refractivity contribution < 1.29 is 27.4 Å². The topological polar surface area (TPSA) is 125 Å². The van der Waals surface area contributed by atoms with Crippen LogP contribution in [-0.2, 0) is 14.8 Å². The number of rotatable bonds is 7. The van der Waals surface area contributed by atoms with Gasteiger partial charge < -0.3 is 19.1 Å². The van der Waals surface area contributed by atoms with E-state index >= 15 is 0 Å². The summed E-state index contributed by atoms with van der Waals surface area (Å²) in [5.41, 5.74) is 0.476. The molecule has 0 radical (unpaired) electrons. The monoisotopic (exact) mass is 543 g/mol. The van der Waals surface area contributed by atoms with Crippen molar-refractivity contribution in [3.05, 3.63) is 48.5 Å². The first-order chi connectivity index (χ1) is 18.0. The second-order valence-electron chi connectivity index (χ2n) is 9.90. The number of hydrogen-bond donors (Lipinski definition) is 1. The number of hydrogen-bond acceptors (Lipinski definition) is 8. The number of para-hydroxylation sites is 1. The molecule has 11 nitrogen and oxygen atoms in total. The lowest BCUT2D eigenvalue weighted by Gasteiger charge is -2.33. The Bertz CT molecular complexity index is 1360. The zero-order valence-electron chi connectivity index (χ0n) is 22.2. The van der Waals surface area contributed by atoms with E-state index in [2.05, 4.69) is 14.9 Å². The normalized spacial score (nSPS) is 16.1. The molecule has 1 N–H and O–H groups in total. The fourth-order valence-electron chi connectivity index (χ4n) is 4.28. The number of benzene rings is 2. The van der Waals surface area contributed by atoms with Crippen molar-refractivity contribution in [2.45, 2.75) is 44.5 Å². The van der Waals surface area contributed by atoms with Gasteiger partial charge in [0.05, 0.1) is 19.5 Å². The van der Waals surface area contributed by atoms with Gasteiger partial charge in [0.15, 0.2) is 5.82 Å². The molecule has 1 amide bonds. The highest BCUT2D eigenvalue weighted by Crippen LogP contribution is 2.38. The number of carbonyl (C=O) groups excluding carboxylic acids is 1. The lowest BCUT2D eigenvalue weighted by Crippen LogP contribution is -2.48. The van der Waals surface area contributed by atoms with Gasteiger partial charge >= 0.3 is 6.09 Å². The molecule has 4 rings (SSSR count). The maximum Gasteiger partial charge on any atom is 0.410 e. The van der Waals surface area contributed by atoms with Crippen LogP contribution in [-0.4, -0.2) is 72.3 Å². The average molecular weight is 544 g/mol. The molecule has 0 saturated carbocycles. The molecule has 1 aliphatic heterocycles. The molecule has 0 bridgehead atoms. The summed E-state index contributed by atoms with van der Waals surface area (Å²) >= 11 is 0. The number of anilines is 1. The first-order valence-electron chi connectivity index (χ1n) is 12.3. The van der Waals surface area contributed by atoms with Crippen LogP contribution in [0.2, 0.25) is 0 Å². The van der Waals surface area contributed by atoms with Crippen LogP contribution in [0.15, 0.2) is 48.5 Å². The van der Waals surface area contributed by atoms with E-state index in [1.54, 1.807) is 43.5 Å². The minimum Gasteiger partial charge on any atom is -0.494 e. The molecule has 0 spiro atoms. The molecule has 1 aromatic heterocycles. The smallest absolute Gasteiger partial charge is 0.410 e. The maximum atomic E-state index is 13.6. The van der Waals surface area contributed by atoms with E-state index in [-0.39, 0.29) is 12.5 Å². The minimum atomic E-state index is -3.99. The van der Waals surface area contributed by atoms with Crippen molar-refractivity contribution >= 4 is 22.1 Å². The Hall–Kier alpha value is -3.80. The number of carbonyl (C=O) groups is 1. The number of sulfonamides is 1. The summed E-state index contributed by atoms with van der Waals surface area (Å²) in [6.07, 6.45) is 0.366. The quantitative estimate of drug-likeness (QED) is 0.472. The number of nitrogens with zero attached hydrogens (tertiary/aromatic N) is 4. The molecule has 12 heteroatoms. The molecule has 204 valence electrons. The van der Waals surface area contributed by atoms with Gasteiger partial charge in [0.2, 0.25) is 16.0 Å². The lowest BCUT2D eigenvalue weighted by molar-refractivity contribution is 0.0219. The molecule has 2 aromatic carbocycles. The second kappa shape index (κ2) is 10.9. The van der Waals surface area contributed by atoms with Crippen molar-refractivity contribution in [2.75, 3.05) is 32.0 Å². The van der Waals surface area contributed by atoms with Crippen LogP contribution in [0, 0.1) is 0 Å². The number of amides is 1. The Kier molecular flexibility index (Phi) is 7.81. The first-order valence-corrected chi connectivity index (χ1v) is 13.8. The van der Waals surface area contributed by atoms with E-state index in [1.807, 2.05) is 30.3 Å². The standard InChI is InChI=1S/C26H33N5O6S/c1-26(2,3)37-25(32)30-16-10-13-19(17-30)38(33,34)29-24-28-27-23(18-11-7-6-8-12-18)31(24)22-20(35-4)14-9-15-21(22)36-5/h6-9,11-12,14-15,19H,10,13,16-17H2,1-5H3,(H,28,29)/t19-/m0/s1. The number of ether oxygens (including phenoxy) is 3. The van der Waals surface area contributed by atoms with Gasteiger partial charge in [-0.2, -0.15) is 0 Å². The Morgan fingerprint density at radius 2 is 1.66 bits per heavy atom. The predicted octanol–water partition coefficient (Wildman–Crippen LogP) is 4.09. The molecule has 1 fully saturated rings. The highest BCUT2D eigenvalue weighted by Gasteiger charge is 2.36. The molecular weight excluding hydrogens is 510 g/mol. The highest BCUT2D eigenvalue weighted by atomic mass is 32.2. The first kappa shape index (κ1) is 27.2. The van der Waals surface area contributed by atoms with Gasteiger partial charge in [0.1, 0.15) is 22.8 Å². The number of nitrogens with one attached hydrogen (secondary N) is 1. The largest absolute Gasteiger partial charge is 0.494 e. The van der Waals surface area contributed by atoms with Gasteiger partial charge in [-0.25, -0.2) is 13.2 Å². The maximum absolute atomic E-state index is 13.6. The van der Waals surface area contributed by atoms with Gasteiger partial charge in [-0.1, -0.05) is 36.4 Å². The van der Waals surface area contributed by atoms with E-state index < -0.39 is 27.0 Å². The molecule has 2 heterocycles.